The van der Waals surface area contributed by atoms with Gasteiger partial charge in [-0.25, -0.2) is 0 Å². The first kappa shape index (κ1) is 12.3. The van der Waals surface area contributed by atoms with Crippen LogP contribution in [0.3, 0.4) is 0 Å². The normalized spacial score (nSPS) is 12.5. The first-order valence-corrected chi connectivity index (χ1v) is 5.79. The van der Waals surface area contributed by atoms with Crippen molar-refractivity contribution in [3.8, 4) is 0 Å². The molecule has 1 N–H and O–H groups in total. The summed E-state index contributed by atoms with van der Waals surface area (Å²) in [6.07, 6.45) is 2.08. The van der Waals surface area contributed by atoms with Crippen molar-refractivity contribution in [1.29, 1.82) is 0 Å². The van der Waals surface area contributed by atoms with E-state index in [0.717, 1.165) is 31.0 Å². The van der Waals surface area contributed by atoms with Gasteiger partial charge < -0.3 is 9.67 Å². The van der Waals surface area contributed by atoms with E-state index >= 15 is 0 Å². The molecule has 1 aliphatic heterocycles. The highest BCUT2D eigenvalue weighted by molar-refractivity contribution is 5.32. The fraction of sp³-hybridized carbons (Fsp3) is 0.308. The lowest BCUT2D eigenvalue weighted by Gasteiger charge is -2.06. The molecule has 0 bridgehead atoms. The van der Waals surface area contributed by atoms with E-state index in [2.05, 4.69) is 39.0 Å². The second-order valence-corrected chi connectivity index (χ2v) is 4.12. The lowest BCUT2D eigenvalue weighted by molar-refractivity contribution is -0.122. The van der Waals surface area contributed by atoms with E-state index in [-0.39, 0.29) is 6.47 Å². The lowest BCUT2D eigenvalue weighted by Crippen LogP contribution is -2.04. The summed E-state index contributed by atoms with van der Waals surface area (Å²) in [4.78, 5) is 8.36. The number of carbonyl (C=O) groups is 1. The molecule has 2 heterocycles. The zero-order valence-electron chi connectivity index (χ0n) is 10.2. The molecule has 0 atom stereocenters. The van der Waals surface area contributed by atoms with Crippen LogP contribution in [0.15, 0.2) is 24.3 Å². The maximum absolute atomic E-state index is 8.36. The van der Waals surface area contributed by atoms with Crippen molar-refractivity contribution in [2.45, 2.75) is 26.3 Å². The quantitative estimate of drug-likeness (QED) is 0.713. The Balaban J connectivity index is 0.000000367. The third-order valence-electron chi connectivity index (χ3n) is 3.08. The standard InChI is InChI=1S/C12H13N3.CH2O2/c1-9-13-14-12-7-6-10-4-2-3-5-11(10)8-15(9)12;2-1-3/h2-5H,6-8H2,1H3;1H,(H,2,3). The number of fused-ring (bicyclic) bond motifs is 2. The molecule has 0 unspecified atom stereocenters. The van der Waals surface area contributed by atoms with Crippen molar-refractivity contribution < 1.29 is 9.90 Å². The molecule has 1 aromatic heterocycles. The summed E-state index contributed by atoms with van der Waals surface area (Å²) in [6, 6.07) is 8.62. The van der Waals surface area contributed by atoms with Gasteiger partial charge in [0.05, 0.1) is 6.54 Å². The Kier molecular flexibility index (Phi) is 3.72. The van der Waals surface area contributed by atoms with Crippen molar-refractivity contribution in [3.05, 3.63) is 47.0 Å². The van der Waals surface area contributed by atoms with E-state index in [9.17, 15) is 0 Å². The number of carboxylic acid groups (broad SMARTS) is 1. The molecule has 0 saturated carbocycles. The average molecular weight is 245 g/mol. The van der Waals surface area contributed by atoms with Crippen molar-refractivity contribution in [3.63, 3.8) is 0 Å². The lowest BCUT2D eigenvalue weighted by atomic mass is 10.0. The minimum atomic E-state index is -0.250. The maximum atomic E-state index is 8.36. The summed E-state index contributed by atoms with van der Waals surface area (Å²) >= 11 is 0. The number of aryl methyl sites for hydroxylation is 3. The van der Waals surface area contributed by atoms with Gasteiger partial charge in [-0.15, -0.1) is 10.2 Å². The minimum absolute atomic E-state index is 0.250. The predicted molar refractivity (Wildman–Crippen MR) is 66.4 cm³/mol. The van der Waals surface area contributed by atoms with E-state index < -0.39 is 0 Å². The predicted octanol–water partition coefficient (Wildman–Crippen LogP) is 1.43. The average Bonchev–Trinajstić information content (AvgIpc) is 2.62. The second kappa shape index (κ2) is 5.44. The molecule has 0 radical (unpaired) electrons. The van der Waals surface area contributed by atoms with Gasteiger partial charge in [0.15, 0.2) is 0 Å². The Morgan fingerprint density at radius 1 is 1.22 bits per heavy atom. The van der Waals surface area contributed by atoms with Crippen LogP contribution >= 0.6 is 0 Å². The van der Waals surface area contributed by atoms with Crippen LogP contribution in [0, 0.1) is 6.92 Å². The van der Waals surface area contributed by atoms with Crippen molar-refractivity contribution in [2.75, 3.05) is 0 Å². The molecule has 0 fully saturated rings. The highest BCUT2D eigenvalue weighted by atomic mass is 16.3. The summed E-state index contributed by atoms with van der Waals surface area (Å²) in [5.74, 6) is 2.13. The highest BCUT2D eigenvalue weighted by Crippen LogP contribution is 2.19. The van der Waals surface area contributed by atoms with Gasteiger partial charge in [-0.3, -0.25) is 4.79 Å². The molecular weight excluding hydrogens is 230 g/mol. The third kappa shape index (κ3) is 2.40. The summed E-state index contributed by atoms with van der Waals surface area (Å²) in [5, 5.41) is 15.2. The number of nitrogens with zero attached hydrogens (tertiary/aromatic N) is 3. The Morgan fingerprint density at radius 2 is 1.89 bits per heavy atom. The summed E-state index contributed by atoms with van der Waals surface area (Å²) in [6.45, 7) is 2.69. The van der Waals surface area contributed by atoms with Gasteiger partial charge in [0.25, 0.3) is 6.47 Å². The minimum Gasteiger partial charge on any atom is -0.483 e. The Labute approximate surface area is 105 Å². The van der Waals surface area contributed by atoms with Crippen molar-refractivity contribution in [2.24, 2.45) is 0 Å². The number of aromatic nitrogens is 3. The molecule has 0 aliphatic carbocycles. The van der Waals surface area contributed by atoms with E-state index in [0.29, 0.717) is 0 Å². The fourth-order valence-corrected chi connectivity index (χ4v) is 2.19. The Morgan fingerprint density at radius 3 is 2.61 bits per heavy atom. The first-order valence-electron chi connectivity index (χ1n) is 5.79. The van der Waals surface area contributed by atoms with Gasteiger partial charge in [-0.2, -0.15) is 0 Å². The molecule has 3 rings (SSSR count). The van der Waals surface area contributed by atoms with Crippen LogP contribution in [0.5, 0.6) is 0 Å². The first-order chi connectivity index (χ1) is 8.76. The van der Waals surface area contributed by atoms with Gasteiger partial charge in [-0.05, 0) is 24.5 Å². The molecule has 1 aliphatic rings. The van der Waals surface area contributed by atoms with Crippen LogP contribution in [-0.4, -0.2) is 26.3 Å². The van der Waals surface area contributed by atoms with Crippen LogP contribution in [0.2, 0.25) is 0 Å². The van der Waals surface area contributed by atoms with E-state index in [1.807, 2.05) is 6.92 Å². The largest absolute Gasteiger partial charge is 0.483 e. The van der Waals surface area contributed by atoms with Crippen LogP contribution in [0.1, 0.15) is 22.8 Å². The molecule has 0 spiro atoms. The summed E-state index contributed by atoms with van der Waals surface area (Å²) in [7, 11) is 0. The van der Waals surface area contributed by atoms with Gasteiger partial charge >= 0.3 is 0 Å². The molecule has 94 valence electrons. The van der Waals surface area contributed by atoms with Crippen LogP contribution < -0.4 is 0 Å². The number of rotatable bonds is 0. The molecule has 5 heteroatoms. The van der Waals surface area contributed by atoms with Gasteiger partial charge in [-0.1, -0.05) is 24.3 Å². The number of hydrogen-bond acceptors (Lipinski definition) is 3. The van der Waals surface area contributed by atoms with Crippen molar-refractivity contribution >= 4 is 6.47 Å². The number of hydrogen-bond donors (Lipinski definition) is 1. The van der Waals surface area contributed by atoms with E-state index in [1.54, 1.807) is 0 Å². The molecule has 5 nitrogen and oxygen atoms in total. The molecule has 0 saturated heterocycles. The Bertz CT molecular complexity index is 549. The van der Waals surface area contributed by atoms with Gasteiger partial charge in [0.1, 0.15) is 11.6 Å². The fourth-order valence-electron chi connectivity index (χ4n) is 2.19. The highest BCUT2D eigenvalue weighted by Gasteiger charge is 2.15. The molecule has 18 heavy (non-hydrogen) atoms. The number of benzene rings is 1. The smallest absolute Gasteiger partial charge is 0.290 e. The van der Waals surface area contributed by atoms with Gasteiger partial charge in [0.2, 0.25) is 0 Å². The monoisotopic (exact) mass is 245 g/mol. The SMILES string of the molecule is Cc1nnc2n1Cc1ccccc1CC2.O=CO. The maximum Gasteiger partial charge on any atom is 0.290 e. The van der Waals surface area contributed by atoms with E-state index in [4.69, 9.17) is 9.90 Å². The molecular formula is C13H15N3O2. The third-order valence-corrected chi connectivity index (χ3v) is 3.08. The Hall–Kier alpha value is -2.17. The zero-order valence-corrected chi connectivity index (χ0v) is 10.2. The summed E-state index contributed by atoms with van der Waals surface area (Å²) < 4.78 is 2.21. The van der Waals surface area contributed by atoms with Crippen LogP contribution in [0.4, 0.5) is 0 Å². The van der Waals surface area contributed by atoms with E-state index in [1.165, 1.54) is 11.1 Å². The molecule has 1 aromatic carbocycles. The topological polar surface area (TPSA) is 68.0 Å². The van der Waals surface area contributed by atoms with Crippen molar-refractivity contribution in [1.82, 2.24) is 14.8 Å². The second-order valence-electron chi connectivity index (χ2n) is 4.12. The molecule has 2 aromatic rings. The summed E-state index contributed by atoms with van der Waals surface area (Å²) in [5.41, 5.74) is 2.85. The van der Waals surface area contributed by atoms with Crippen LogP contribution in [-0.2, 0) is 24.2 Å². The zero-order chi connectivity index (χ0) is 13.0. The van der Waals surface area contributed by atoms with Gasteiger partial charge in [0, 0.05) is 6.42 Å². The molecule has 0 amide bonds. The van der Waals surface area contributed by atoms with Crippen LogP contribution in [0.25, 0.3) is 0 Å².